The quantitative estimate of drug-likeness (QED) is 0.545. The summed E-state index contributed by atoms with van der Waals surface area (Å²) in [6.07, 6.45) is 7.76. The van der Waals surface area contributed by atoms with E-state index in [1.54, 1.807) is 0 Å². The summed E-state index contributed by atoms with van der Waals surface area (Å²) < 4.78 is 0. The number of aliphatic hydroxyl groups is 1. The summed E-state index contributed by atoms with van der Waals surface area (Å²) in [5.41, 5.74) is 0. The SMILES string of the molecule is O[C@@H]1CC[C@@H]2CCC[C@@H]2C1. The molecule has 0 aromatic rings. The van der Waals surface area contributed by atoms with Crippen LogP contribution in [0.1, 0.15) is 38.5 Å². The first-order valence-corrected chi connectivity index (χ1v) is 4.54. The third-order valence-electron chi connectivity index (χ3n) is 3.26. The Labute approximate surface area is 62.4 Å². The van der Waals surface area contributed by atoms with Gasteiger partial charge in [-0.1, -0.05) is 19.3 Å². The van der Waals surface area contributed by atoms with Gasteiger partial charge in [-0.15, -0.1) is 0 Å². The van der Waals surface area contributed by atoms with Crippen LogP contribution in [0, 0.1) is 11.8 Å². The predicted molar refractivity (Wildman–Crippen MR) is 40.7 cm³/mol. The molecule has 0 amide bonds. The maximum Gasteiger partial charge on any atom is 0.0543 e. The van der Waals surface area contributed by atoms with Crippen LogP contribution in [-0.2, 0) is 0 Å². The van der Waals surface area contributed by atoms with E-state index in [4.69, 9.17) is 0 Å². The lowest BCUT2D eigenvalue weighted by atomic mass is 9.80. The van der Waals surface area contributed by atoms with Gasteiger partial charge in [-0.2, -0.15) is 0 Å². The van der Waals surface area contributed by atoms with Gasteiger partial charge in [0.25, 0.3) is 0 Å². The van der Waals surface area contributed by atoms with Gasteiger partial charge in [0.1, 0.15) is 0 Å². The van der Waals surface area contributed by atoms with Gasteiger partial charge in [0, 0.05) is 0 Å². The van der Waals surface area contributed by atoms with Crippen molar-refractivity contribution in [3.05, 3.63) is 0 Å². The topological polar surface area (TPSA) is 20.2 Å². The van der Waals surface area contributed by atoms with Crippen LogP contribution in [0.25, 0.3) is 0 Å². The number of hydrogen-bond donors (Lipinski definition) is 1. The highest BCUT2D eigenvalue weighted by Gasteiger charge is 2.32. The van der Waals surface area contributed by atoms with Crippen LogP contribution in [0.3, 0.4) is 0 Å². The molecule has 0 unspecified atom stereocenters. The molecular weight excluding hydrogens is 124 g/mol. The zero-order valence-electron chi connectivity index (χ0n) is 6.42. The molecule has 10 heavy (non-hydrogen) atoms. The van der Waals surface area contributed by atoms with Crippen molar-refractivity contribution in [3.63, 3.8) is 0 Å². The molecule has 58 valence electrons. The first-order chi connectivity index (χ1) is 4.86. The Hall–Kier alpha value is -0.0400. The van der Waals surface area contributed by atoms with E-state index >= 15 is 0 Å². The second-order valence-electron chi connectivity index (χ2n) is 3.92. The third kappa shape index (κ3) is 1.07. The number of hydrogen-bond acceptors (Lipinski definition) is 1. The smallest absolute Gasteiger partial charge is 0.0543 e. The van der Waals surface area contributed by atoms with Gasteiger partial charge in [0.15, 0.2) is 0 Å². The highest BCUT2D eigenvalue weighted by molar-refractivity contribution is 4.84. The fraction of sp³-hybridized carbons (Fsp3) is 1.00. The monoisotopic (exact) mass is 140 g/mol. The van der Waals surface area contributed by atoms with Crippen LogP contribution in [-0.4, -0.2) is 11.2 Å². The molecule has 0 saturated heterocycles. The van der Waals surface area contributed by atoms with Crippen molar-refractivity contribution < 1.29 is 5.11 Å². The van der Waals surface area contributed by atoms with Crippen molar-refractivity contribution >= 4 is 0 Å². The average molecular weight is 140 g/mol. The maximum atomic E-state index is 9.36. The Bertz CT molecular complexity index is 122. The van der Waals surface area contributed by atoms with Crippen LogP contribution in [0.4, 0.5) is 0 Å². The molecule has 0 radical (unpaired) electrons. The Morgan fingerprint density at radius 1 is 0.900 bits per heavy atom. The Kier molecular flexibility index (Phi) is 1.69. The van der Waals surface area contributed by atoms with E-state index < -0.39 is 0 Å². The normalized spacial score (nSPS) is 47.1. The summed E-state index contributed by atoms with van der Waals surface area (Å²) in [5, 5.41) is 9.36. The number of aliphatic hydroxyl groups excluding tert-OH is 1. The number of rotatable bonds is 0. The van der Waals surface area contributed by atoms with E-state index in [0.717, 1.165) is 24.7 Å². The molecule has 2 saturated carbocycles. The average Bonchev–Trinajstić information content (AvgIpc) is 2.33. The lowest BCUT2D eigenvalue weighted by Crippen LogP contribution is -2.23. The lowest BCUT2D eigenvalue weighted by molar-refractivity contribution is 0.0806. The van der Waals surface area contributed by atoms with Gasteiger partial charge in [-0.25, -0.2) is 0 Å². The highest BCUT2D eigenvalue weighted by Crippen LogP contribution is 2.41. The molecule has 1 nitrogen and oxygen atoms in total. The molecule has 0 aliphatic heterocycles. The number of fused-ring (bicyclic) bond motifs is 1. The van der Waals surface area contributed by atoms with E-state index in [9.17, 15) is 5.11 Å². The molecule has 0 heterocycles. The van der Waals surface area contributed by atoms with E-state index in [-0.39, 0.29) is 6.10 Å². The fourth-order valence-electron chi connectivity index (χ4n) is 2.68. The van der Waals surface area contributed by atoms with Gasteiger partial charge in [-0.05, 0) is 31.1 Å². The Morgan fingerprint density at radius 2 is 1.70 bits per heavy atom. The third-order valence-corrected chi connectivity index (χ3v) is 3.26. The first kappa shape index (κ1) is 6.66. The van der Waals surface area contributed by atoms with Gasteiger partial charge in [-0.3, -0.25) is 0 Å². The fourth-order valence-corrected chi connectivity index (χ4v) is 2.68. The Balaban J connectivity index is 1.96. The van der Waals surface area contributed by atoms with Gasteiger partial charge >= 0.3 is 0 Å². The van der Waals surface area contributed by atoms with E-state index in [1.807, 2.05) is 0 Å². The molecule has 0 spiro atoms. The van der Waals surface area contributed by atoms with Crippen LogP contribution in [0.15, 0.2) is 0 Å². The molecule has 2 rings (SSSR count). The van der Waals surface area contributed by atoms with Crippen molar-refractivity contribution in [1.82, 2.24) is 0 Å². The molecule has 1 N–H and O–H groups in total. The van der Waals surface area contributed by atoms with E-state index in [1.165, 1.54) is 25.7 Å². The standard InChI is InChI=1S/C9H16O/c10-9-5-4-7-2-1-3-8(7)6-9/h7-10H,1-6H2/t7-,8+,9+/m0/s1. The Morgan fingerprint density at radius 3 is 2.60 bits per heavy atom. The van der Waals surface area contributed by atoms with Crippen LogP contribution in [0.2, 0.25) is 0 Å². The minimum absolute atomic E-state index is 0.0411. The lowest BCUT2D eigenvalue weighted by Gasteiger charge is -2.28. The van der Waals surface area contributed by atoms with Crippen molar-refractivity contribution in [2.45, 2.75) is 44.6 Å². The van der Waals surface area contributed by atoms with Crippen molar-refractivity contribution in [1.29, 1.82) is 0 Å². The molecule has 1 heteroatoms. The van der Waals surface area contributed by atoms with E-state index in [0.29, 0.717) is 0 Å². The van der Waals surface area contributed by atoms with Crippen LogP contribution < -0.4 is 0 Å². The van der Waals surface area contributed by atoms with E-state index in [2.05, 4.69) is 0 Å². The molecule has 2 fully saturated rings. The minimum Gasteiger partial charge on any atom is -0.393 e. The molecule has 3 atom stereocenters. The second kappa shape index (κ2) is 2.54. The van der Waals surface area contributed by atoms with Crippen LogP contribution >= 0.6 is 0 Å². The molecule has 0 aromatic heterocycles. The summed E-state index contributed by atoms with van der Waals surface area (Å²) in [6.45, 7) is 0. The predicted octanol–water partition coefficient (Wildman–Crippen LogP) is 1.95. The minimum atomic E-state index is 0.0411. The summed E-state index contributed by atoms with van der Waals surface area (Å²) in [6, 6.07) is 0. The molecular formula is C9H16O. The first-order valence-electron chi connectivity index (χ1n) is 4.54. The highest BCUT2D eigenvalue weighted by atomic mass is 16.3. The van der Waals surface area contributed by atoms with Gasteiger partial charge in [0.05, 0.1) is 6.10 Å². The van der Waals surface area contributed by atoms with Crippen molar-refractivity contribution in [2.75, 3.05) is 0 Å². The summed E-state index contributed by atoms with van der Waals surface area (Å²) in [7, 11) is 0. The maximum absolute atomic E-state index is 9.36. The van der Waals surface area contributed by atoms with Crippen molar-refractivity contribution in [3.8, 4) is 0 Å². The zero-order chi connectivity index (χ0) is 6.97. The van der Waals surface area contributed by atoms with Crippen molar-refractivity contribution in [2.24, 2.45) is 11.8 Å². The molecule has 0 bridgehead atoms. The largest absolute Gasteiger partial charge is 0.393 e. The zero-order valence-corrected chi connectivity index (χ0v) is 6.42. The second-order valence-corrected chi connectivity index (χ2v) is 3.92. The summed E-state index contributed by atoms with van der Waals surface area (Å²) >= 11 is 0. The molecule has 2 aliphatic carbocycles. The molecule has 2 aliphatic rings. The van der Waals surface area contributed by atoms with Gasteiger partial charge < -0.3 is 5.11 Å². The summed E-state index contributed by atoms with van der Waals surface area (Å²) in [5.74, 6) is 1.88. The molecule has 0 aromatic carbocycles. The summed E-state index contributed by atoms with van der Waals surface area (Å²) in [4.78, 5) is 0. The van der Waals surface area contributed by atoms with Crippen LogP contribution in [0.5, 0.6) is 0 Å². The van der Waals surface area contributed by atoms with Gasteiger partial charge in [0.2, 0.25) is 0 Å².